The van der Waals surface area contributed by atoms with Crippen LogP contribution in [0.4, 0.5) is 4.39 Å². The van der Waals surface area contributed by atoms with Crippen LogP contribution in [-0.2, 0) is 21.1 Å². The summed E-state index contributed by atoms with van der Waals surface area (Å²) >= 11 is 0. The van der Waals surface area contributed by atoms with Crippen LogP contribution in [0, 0.1) is 0 Å². The molecule has 8 heteroatoms. The van der Waals surface area contributed by atoms with Gasteiger partial charge in [0.05, 0.1) is 6.21 Å². The third-order valence-electron chi connectivity index (χ3n) is 4.55. The van der Waals surface area contributed by atoms with Crippen molar-refractivity contribution in [2.75, 3.05) is 14.2 Å². The number of ether oxygens (including phenoxy) is 1. The number of nitrogens with one attached hydrogen (secondary N) is 1. The van der Waals surface area contributed by atoms with Gasteiger partial charge >= 0.3 is 0 Å². The number of nitrogens with zero attached hydrogens (tertiary/aromatic N) is 2. The molecule has 1 amide bonds. The zero-order chi connectivity index (χ0) is 24.2. The second-order valence-corrected chi connectivity index (χ2v) is 6.90. The summed E-state index contributed by atoms with van der Waals surface area (Å²) in [5.74, 6) is -0.0619. The molecule has 0 heterocycles. The lowest BCUT2D eigenvalue weighted by molar-refractivity contribution is -0.114. The van der Waals surface area contributed by atoms with Crippen molar-refractivity contribution in [3.8, 4) is 5.75 Å². The van der Waals surface area contributed by atoms with Crippen molar-refractivity contribution in [2.24, 2.45) is 10.3 Å². The normalized spacial score (nSPS) is 11.9. The van der Waals surface area contributed by atoms with Gasteiger partial charge in [-0.05, 0) is 23.3 Å². The van der Waals surface area contributed by atoms with Crippen molar-refractivity contribution >= 4 is 23.9 Å². The molecule has 0 saturated carbocycles. The molecule has 1 N–H and O–H groups in total. The molecule has 0 radical (unpaired) electrons. The summed E-state index contributed by atoms with van der Waals surface area (Å²) in [5.41, 5.74) is 2.75. The van der Waals surface area contributed by atoms with Crippen molar-refractivity contribution < 1.29 is 23.6 Å². The second kappa shape index (κ2) is 12.5. The van der Waals surface area contributed by atoms with Crippen LogP contribution in [-0.4, -0.2) is 32.0 Å². The van der Waals surface area contributed by atoms with E-state index in [4.69, 9.17) is 14.4 Å². The highest BCUT2D eigenvalue weighted by Gasteiger charge is 2.17. The molecule has 3 aromatic carbocycles. The van der Waals surface area contributed by atoms with Crippen LogP contribution in [0.1, 0.15) is 22.3 Å². The predicted molar refractivity (Wildman–Crippen MR) is 129 cm³/mol. The molecule has 0 saturated heterocycles. The van der Waals surface area contributed by atoms with Crippen molar-refractivity contribution in [1.29, 1.82) is 0 Å². The molecular formula is C26H24FN3O4. The van der Waals surface area contributed by atoms with E-state index in [9.17, 15) is 9.18 Å². The summed E-state index contributed by atoms with van der Waals surface area (Å²) in [6.07, 6.45) is 2.79. The highest BCUT2D eigenvalue weighted by molar-refractivity contribution is 6.45. The molecule has 0 atom stereocenters. The average Bonchev–Trinajstić information content (AvgIpc) is 2.86. The standard InChI is InChI=1S/C26H24FN3O4/c1-28-26(31)25(30-32-2)23-14-7-6-12-21(23)18-33-29-17-20-11-8-13-22(15-20)34-24(27)16-19-9-4-3-5-10-19/h3-17H,18H2,1-2H3,(H,28,31)/b24-16-,29-17?,30-25+. The Kier molecular flexibility index (Phi) is 8.92. The number of amides is 1. The predicted octanol–water partition coefficient (Wildman–Crippen LogP) is 4.68. The molecule has 0 aromatic heterocycles. The van der Waals surface area contributed by atoms with Gasteiger partial charge in [-0.3, -0.25) is 4.79 Å². The monoisotopic (exact) mass is 461 g/mol. The minimum absolute atomic E-state index is 0.0943. The van der Waals surface area contributed by atoms with Crippen LogP contribution in [0.5, 0.6) is 5.75 Å². The van der Waals surface area contributed by atoms with Gasteiger partial charge < -0.3 is 19.7 Å². The Morgan fingerprint density at radius 2 is 1.74 bits per heavy atom. The summed E-state index contributed by atoms with van der Waals surface area (Å²) < 4.78 is 19.4. The molecule has 0 fully saturated rings. The Morgan fingerprint density at radius 3 is 2.50 bits per heavy atom. The van der Waals surface area contributed by atoms with Gasteiger partial charge in [-0.15, -0.1) is 0 Å². The lowest BCUT2D eigenvalue weighted by Crippen LogP contribution is -2.29. The first-order valence-corrected chi connectivity index (χ1v) is 10.4. The fraction of sp³-hybridized carbons (Fsp3) is 0.115. The fourth-order valence-electron chi connectivity index (χ4n) is 2.99. The van der Waals surface area contributed by atoms with Crippen molar-refractivity contribution in [3.63, 3.8) is 0 Å². The smallest absolute Gasteiger partial charge is 0.278 e. The maximum absolute atomic E-state index is 14.2. The Labute approximate surface area is 197 Å². The molecule has 0 aliphatic carbocycles. The summed E-state index contributed by atoms with van der Waals surface area (Å²) in [6, 6.07) is 22.2. The first kappa shape index (κ1) is 24.2. The molecule has 34 heavy (non-hydrogen) atoms. The largest absolute Gasteiger partial charge is 0.432 e. The minimum Gasteiger partial charge on any atom is -0.432 e. The molecule has 7 nitrogen and oxygen atoms in total. The molecule has 3 aromatic rings. The fourth-order valence-corrected chi connectivity index (χ4v) is 2.99. The van der Waals surface area contributed by atoms with E-state index < -0.39 is 6.01 Å². The van der Waals surface area contributed by atoms with E-state index >= 15 is 0 Å². The van der Waals surface area contributed by atoms with E-state index in [-0.39, 0.29) is 18.2 Å². The van der Waals surface area contributed by atoms with E-state index in [1.807, 2.05) is 24.3 Å². The van der Waals surface area contributed by atoms with E-state index in [0.717, 1.165) is 0 Å². The lowest BCUT2D eigenvalue weighted by atomic mass is 10.0. The first-order valence-electron chi connectivity index (χ1n) is 10.4. The highest BCUT2D eigenvalue weighted by atomic mass is 19.1. The van der Waals surface area contributed by atoms with Crippen molar-refractivity contribution in [1.82, 2.24) is 5.32 Å². The third kappa shape index (κ3) is 7.03. The molecule has 0 spiro atoms. The SMILES string of the molecule is CNC(=O)/C(=N/OC)c1ccccc1CON=Cc1cccc(O/C(F)=C\c2ccccc2)c1. The maximum Gasteiger partial charge on any atom is 0.278 e. The van der Waals surface area contributed by atoms with Crippen LogP contribution in [0.3, 0.4) is 0 Å². The number of hydrogen-bond donors (Lipinski definition) is 1. The number of hydrogen-bond acceptors (Lipinski definition) is 6. The van der Waals surface area contributed by atoms with Crippen LogP contribution in [0.2, 0.25) is 0 Å². The molecule has 0 bridgehead atoms. The van der Waals surface area contributed by atoms with Crippen molar-refractivity contribution in [3.05, 3.63) is 107 Å². The molecule has 0 aliphatic heterocycles. The summed E-state index contributed by atoms with van der Waals surface area (Å²) in [6.45, 7) is 0.0943. The van der Waals surface area contributed by atoms with Crippen LogP contribution in [0.15, 0.2) is 95.2 Å². The van der Waals surface area contributed by atoms with Crippen LogP contribution >= 0.6 is 0 Å². The van der Waals surface area contributed by atoms with E-state index in [0.29, 0.717) is 28.0 Å². The first-order chi connectivity index (χ1) is 16.6. The summed E-state index contributed by atoms with van der Waals surface area (Å²) in [4.78, 5) is 22.4. The Hall–Kier alpha value is -4.46. The number of carbonyl (C=O) groups is 1. The average molecular weight is 461 g/mol. The molecule has 174 valence electrons. The van der Waals surface area contributed by atoms with E-state index in [2.05, 4.69) is 15.6 Å². The van der Waals surface area contributed by atoms with Gasteiger partial charge in [-0.25, -0.2) is 0 Å². The van der Waals surface area contributed by atoms with Gasteiger partial charge in [-0.1, -0.05) is 77.0 Å². The van der Waals surface area contributed by atoms with E-state index in [1.165, 1.54) is 26.4 Å². The second-order valence-electron chi connectivity index (χ2n) is 6.90. The number of carbonyl (C=O) groups excluding carboxylic acids is 1. The summed E-state index contributed by atoms with van der Waals surface area (Å²) in [7, 11) is 2.88. The van der Waals surface area contributed by atoms with Gasteiger partial charge in [0.15, 0.2) is 5.71 Å². The highest BCUT2D eigenvalue weighted by Crippen LogP contribution is 2.18. The van der Waals surface area contributed by atoms with Gasteiger partial charge in [-0.2, -0.15) is 4.39 Å². The van der Waals surface area contributed by atoms with Gasteiger partial charge in [0, 0.05) is 24.3 Å². The zero-order valence-electron chi connectivity index (χ0n) is 18.8. The lowest BCUT2D eigenvalue weighted by Gasteiger charge is -2.09. The third-order valence-corrected chi connectivity index (χ3v) is 4.55. The summed E-state index contributed by atoms with van der Waals surface area (Å²) in [5, 5.41) is 10.3. The Balaban J connectivity index is 1.64. The van der Waals surface area contributed by atoms with Gasteiger partial charge in [0.1, 0.15) is 19.5 Å². The topological polar surface area (TPSA) is 81.5 Å². The molecule has 0 unspecified atom stereocenters. The molecular weight excluding hydrogens is 437 g/mol. The molecule has 3 rings (SSSR count). The number of oxime groups is 2. The maximum atomic E-state index is 14.2. The van der Waals surface area contributed by atoms with E-state index in [1.54, 1.807) is 54.6 Å². The Bertz CT molecular complexity index is 1190. The minimum atomic E-state index is -0.724. The number of benzene rings is 3. The number of halogens is 1. The molecule has 0 aliphatic rings. The van der Waals surface area contributed by atoms with Crippen LogP contribution in [0.25, 0.3) is 6.08 Å². The van der Waals surface area contributed by atoms with Gasteiger partial charge in [0.25, 0.3) is 11.9 Å². The van der Waals surface area contributed by atoms with Crippen LogP contribution < -0.4 is 10.1 Å². The quantitative estimate of drug-likeness (QED) is 0.270. The number of likely N-dealkylation sites (N-methyl/N-ethyl adjacent to an activating group) is 1. The number of rotatable bonds is 10. The van der Waals surface area contributed by atoms with Crippen molar-refractivity contribution in [2.45, 2.75) is 6.61 Å². The van der Waals surface area contributed by atoms with Gasteiger partial charge in [0.2, 0.25) is 0 Å². The zero-order valence-corrected chi connectivity index (χ0v) is 18.8. The Morgan fingerprint density at radius 1 is 1.00 bits per heavy atom.